The van der Waals surface area contributed by atoms with Gasteiger partial charge in [0, 0.05) is 12.0 Å². The van der Waals surface area contributed by atoms with Crippen LogP contribution >= 0.6 is 12.4 Å². The summed E-state index contributed by atoms with van der Waals surface area (Å²) in [6.07, 6.45) is 3.57. The second-order valence-electron chi connectivity index (χ2n) is 5.39. The van der Waals surface area contributed by atoms with Crippen LogP contribution in [0.25, 0.3) is 0 Å². The standard InChI is InChI=1S/C15H21FN2O.ClH/c1-10(11-2-6-13(16)7-3-11)18-15(19)12-4-8-14(17)9-5-12;/h2-3,6-7,10,12,14H,4-5,8-9,17H2,1H3,(H,18,19);1H. The van der Waals surface area contributed by atoms with Crippen molar-refractivity contribution in [1.82, 2.24) is 5.32 Å². The van der Waals surface area contributed by atoms with Gasteiger partial charge in [0.25, 0.3) is 0 Å². The molecule has 2 rings (SSSR count). The molecule has 3 N–H and O–H groups in total. The molecule has 1 atom stereocenters. The van der Waals surface area contributed by atoms with Gasteiger partial charge in [-0.15, -0.1) is 12.4 Å². The molecule has 1 unspecified atom stereocenters. The number of amides is 1. The fourth-order valence-electron chi connectivity index (χ4n) is 2.55. The van der Waals surface area contributed by atoms with Gasteiger partial charge in [0.15, 0.2) is 0 Å². The van der Waals surface area contributed by atoms with Crippen LogP contribution in [0.5, 0.6) is 0 Å². The Morgan fingerprint density at radius 3 is 2.35 bits per heavy atom. The number of hydrogen-bond acceptors (Lipinski definition) is 2. The van der Waals surface area contributed by atoms with Crippen LogP contribution in [0, 0.1) is 11.7 Å². The Bertz CT molecular complexity index is 430. The van der Waals surface area contributed by atoms with E-state index in [1.165, 1.54) is 12.1 Å². The summed E-state index contributed by atoms with van der Waals surface area (Å²) < 4.78 is 12.8. The summed E-state index contributed by atoms with van der Waals surface area (Å²) in [5.74, 6) is -0.102. The van der Waals surface area contributed by atoms with Gasteiger partial charge in [-0.1, -0.05) is 12.1 Å². The van der Waals surface area contributed by atoms with Crippen molar-refractivity contribution < 1.29 is 9.18 Å². The number of carbonyl (C=O) groups is 1. The molecule has 1 aliphatic carbocycles. The molecule has 1 saturated carbocycles. The molecule has 0 radical (unpaired) electrons. The van der Waals surface area contributed by atoms with E-state index in [-0.39, 0.29) is 42.1 Å². The summed E-state index contributed by atoms with van der Waals surface area (Å²) in [6, 6.07) is 6.39. The Balaban J connectivity index is 0.00000200. The van der Waals surface area contributed by atoms with E-state index >= 15 is 0 Å². The predicted octanol–water partition coefficient (Wildman–Crippen LogP) is 2.94. The van der Waals surface area contributed by atoms with Crippen molar-refractivity contribution in [2.75, 3.05) is 0 Å². The van der Waals surface area contributed by atoms with E-state index in [0.29, 0.717) is 0 Å². The van der Waals surface area contributed by atoms with Crippen molar-refractivity contribution in [2.24, 2.45) is 11.7 Å². The van der Waals surface area contributed by atoms with E-state index in [2.05, 4.69) is 5.32 Å². The molecule has 5 heteroatoms. The molecular formula is C15H22ClFN2O. The maximum atomic E-state index is 12.8. The van der Waals surface area contributed by atoms with Crippen molar-refractivity contribution >= 4 is 18.3 Å². The molecule has 0 aliphatic heterocycles. The summed E-state index contributed by atoms with van der Waals surface area (Å²) in [7, 11) is 0. The second-order valence-corrected chi connectivity index (χ2v) is 5.39. The van der Waals surface area contributed by atoms with E-state index in [4.69, 9.17) is 5.73 Å². The maximum Gasteiger partial charge on any atom is 0.223 e. The maximum absolute atomic E-state index is 12.8. The van der Waals surface area contributed by atoms with Gasteiger partial charge < -0.3 is 11.1 Å². The average Bonchev–Trinajstić information content (AvgIpc) is 2.40. The average molecular weight is 301 g/mol. The van der Waals surface area contributed by atoms with Crippen molar-refractivity contribution in [3.05, 3.63) is 35.6 Å². The van der Waals surface area contributed by atoms with Gasteiger partial charge in [-0.05, 0) is 50.3 Å². The molecule has 1 fully saturated rings. The van der Waals surface area contributed by atoms with Gasteiger partial charge >= 0.3 is 0 Å². The minimum absolute atomic E-state index is 0. The lowest BCUT2D eigenvalue weighted by molar-refractivity contribution is -0.126. The van der Waals surface area contributed by atoms with E-state index in [1.54, 1.807) is 12.1 Å². The number of nitrogens with two attached hydrogens (primary N) is 1. The monoisotopic (exact) mass is 300 g/mol. The molecule has 20 heavy (non-hydrogen) atoms. The van der Waals surface area contributed by atoms with Gasteiger partial charge in [0.1, 0.15) is 5.82 Å². The van der Waals surface area contributed by atoms with E-state index in [0.717, 1.165) is 31.2 Å². The lowest BCUT2D eigenvalue weighted by Gasteiger charge is -2.26. The zero-order chi connectivity index (χ0) is 13.8. The minimum atomic E-state index is -0.261. The van der Waals surface area contributed by atoms with Crippen LogP contribution < -0.4 is 11.1 Å². The zero-order valence-corrected chi connectivity index (χ0v) is 12.5. The van der Waals surface area contributed by atoms with E-state index < -0.39 is 0 Å². The lowest BCUT2D eigenvalue weighted by atomic mass is 9.85. The molecule has 3 nitrogen and oxygen atoms in total. The van der Waals surface area contributed by atoms with Crippen LogP contribution in [0.3, 0.4) is 0 Å². The van der Waals surface area contributed by atoms with Crippen molar-refractivity contribution in [3.8, 4) is 0 Å². The fourth-order valence-corrected chi connectivity index (χ4v) is 2.55. The van der Waals surface area contributed by atoms with Gasteiger partial charge in [-0.25, -0.2) is 4.39 Å². The van der Waals surface area contributed by atoms with Gasteiger partial charge in [-0.3, -0.25) is 4.79 Å². The van der Waals surface area contributed by atoms with Crippen molar-refractivity contribution in [3.63, 3.8) is 0 Å². The predicted molar refractivity (Wildman–Crippen MR) is 80.1 cm³/mol. The quantitative estimate of drug-likeness (QED) is 0.902. The van der Waals surface area contributed by atoms with Gasteiger partial charge in [-0.2, -0.15) is 0 Å². The first-order valence-corrected chi connectivity index (χ1v) is 6.87. The third-order valence-electron chi connectivity index (χ3n) is 3.87. The highest BCUT2D eigenvalue weighted by Gasteiger charge is 2.25. The van der Waals surface area contributed by atoms with Crippen molar-refractivity contribution in [1.29, 1.82) is 0 Å². The molecule has 1 aliphatic rings. The molecule has 1 aromatic rings. The molecule has 0 spiro atoms. The zero-order valence-electron chi connectivity index (χ0n) is 11.6. The number of halogens is 2. The normalized spacial score (nSPS) is 23.6. The summed E-state index contributed by atoms with van der Waals surface area (Å²) >= 11 is 0. The van der Waals surface area contributed by atoms with Crippen LogP contribution in [0.2, 0.25) is 0 Å². The Kier molecular flexibility index (Phi) is 6.43. The smallest absolute Gasteiger partial charge is 0.223 e. The topological polar surface area (TPSA) is 55.1 Å². The second kappa shape index (κ2) is 7.60. The lowest BCUT2D eigenvalue weighted by Crippen LogP contribution is -2.37. The molecule has 0 bridgehead atoms. The van der Waals surface area contributed by atoms with E-state index in [1.807, 2.05) is 6.92 Å². The first-order chi connectivity index (χ1) is 9.06. The third kappa shape index (κ3) is 4.46. The van der Waals surface area contributed by atoms with Crippen LogP contribution in [0.1, 0.15) is 44.2 Å². The Morgan fingerprint density at radius 2 is 1.80 bits per heavy atom. The number of carbonyl (C=O) groups excluding carboxylic acids is 1. The largest absolute Gasteiger partial charge is 0.349 e. The molecule has 0 aromatic heterocycles. The highest BCUT2D eigenvalue weighted by atomic mass is 35.5. The number of benzene rings is 1. The van der Waals surface area contributed by atoms with Crippen LogP contribution in [-0.2, 0) is 4.79 Å². The number of nitrogens with one attached hydrogen (secondary N) is 1. The minimum Gasteiger partial charge on any atom is -0.349 e. The first-order valence-electron chi connectivity index (χ1n) is 6.87. The fraction of sp³-hybridized carbons (Fsp3) is 0.533. The van der Waals surface area contributed by atoms with E-state index in [9.17, 15) is 9.18 Å². The molecular weight excluding hydrogens is 279 g/mol. The van der Waals surface area contributed by atoms with Crippen LogP contribution in [0.4, 0.5) is 4.39 Å². The number of rotatable bonds is 3. The summed E-state index contributed by atoms with van der Waals surface area (Å²) in [4.78, 5) is 12.1. The van der Waals surface area contributed by atoms with Gasteiger partial charge in [0.2, 0.25) is 5.91 Å². The highest BCUT2D eigenvalue weighted by molar-refractivity contribution is 5.85. The molecule has 0 heterocycles. The molecule has 1 amide bonds. The molecule has 1 aromatic carbocycles. The van der Waals surface area contributed by atoms with Gasteiger partial charge in [0.05, 0.1) is 6.04 Å². The Morgan fingerprint density at radius 1 is 1.25 bits per heavy atom. The SMILES string of the molecule is CC(NC(=O)C1CCC(N)CC1)c1ccc(F)cc1.Cl. The summed E-state index contributed by atoms with van der Waals surface area (Å²) in [6.45, 7) is 1.92. The van der Waals surface area contributed by atoms with Crippen LogP contribution in [-0.4, -0.2) is 11.9 Å². The summed E-state index contributed by atoms with van der Waals surface area (Å²) in [5, 5.41) is 3.00. The molecule has 112 valence electrons. The summed E-state index contributed by atoms with van der Waals surface area (Å²) in [5.41, 5.74) is 6.76. The number of hydrogen-bond donors (Lipinski definition) is 2. The Labute approximate surface area is 125 Å². The first kappa shape index (κ1) is 16.9. The highest BCUT2D eigenvalue weighted by Crippen LogP contribution is 2.24. The molecule has 0 saturated heterocycles. The Hall–Kier alpha value is -1.13. The van der Waals surface area contributed by atoms with Crippen molar-refractivity contribution in [2.45, 2.75) is 44.7 Å². The third-order valence-corrected chi connectivity index (χ3v) is 3.87. The van der Waals surface area contributed by atoms with Crippen LogP contribution in [0.15, 0.2) is 24.3 Å².